The van der Waals surface area contributed by atoms with Crippen molar-refractivity contribution in [2.24, 2.45) is 0 Å². The number of hydrogen-bond acceptors (Lipinski definition) is 18. The van der Waals surface area contributed by atoms with Crippen LogP contribution in [0.1, 0.15) is 85.7 Å². The number of aliphatic carboxylic acids is 2. The van der Waals surface area contributed by atoms with E-state index in [-0.39, 0.29) is 89.8 Å². The van der Waals surface area contributed by atoms with Crippen molar-refractivity contribution in [3.63, 3.8) is 0 Å². The molecule has 2 aromatic carbocycles. The molecule has 0 fully saturated rings. The molecule has 4 unspecified atom stereocenters. The summed E-state index contributed by atoms with van der Waals surface area (Å²) in [6.45, 7) is 4.36. The van der Waals surface area contributed by atoms with Crippen LogP contribution in [0.25, 0.3) is 0 Å². The number of rotatable bonds is 45. The molecule has 0 aliphatic rings. The zero-order chi connectivity index (χ0) is 68.7. The van der Waals surface area contributed by atoms with Crippen molar-refractivity contribution in [3.8, 4) is 11.5 Å². The van der Waals surface area contributed by atoms with E-state index in [1.165, 1.54) is 24.3 Å². The maximum Gasteiger partial charge on any atom is 0.573 e. The summed E-state index contributed by atoms with van der Waals surface area (Å²) in [5.41, 5.74) is 1.92. The van der Waals surface area contributed by atoms with Gasteiger partial charge in [-0.2, -0.15) is 0 Å². The fourth-order valence-corrected chi connectivity index (χ4v) is 8.44. The second-order valence-electron chi connectivity index (χ2n) is 20.7. The van der Waals surface area contributed by atoms with Crippen LogP contribution >= 0.6 is 0 Å². The second-order valence-corrected chi connectivity index (χ2v) is 20.7. The Morgan fingerprint density at radius 1 is 0.468 bits per heavy atom. The number of aromatic nitrogens is 2. The molecule has 0 saturated carbocycles. The molecule has 34 heteroatoms. The van der Waals surface area contributed by atoms with Gasteiger partial charge in [-0.15, -0.1) is 26.3 Å². The normalized spacial score (nSPS) is 12.6. The topological polar surface area (TPSA) is 378 Å². The number of hydrogen-bond donors (Lipinski definition) is 12. The third-order valence-electron chi connectivity index (χ3n) is 12.8. The van der Waals surface area contributed by atoms with Crippen molar-refractivity contribution >= 4 is 59.3 Å². The summed E-state index contributed by atoms with van der Waals surface area (Å²) in [6, 6.07) is 9.82. The lowest BCUT2D eigenvalue weighted by Gasteiger charge is -2.23. The van der Waals surface area contributed by atoms with Crippen molar-refractivity contribution in [1.82, 2.24) is 52.5 Å². The van der Waals surface area contributed by atoms with Gasteiger partial charge < -0.3 is 91.8 Å². The SMILES string of the molecule is Cc1ccnc(NCCCC(=O)NC(COCCOCCNC(=O)NCCCCNC(=O)NCCOCCOCC(NC(=O)CCCNc2cc(C)ccn2)C(=O)NC(CC(=O)O)c2cccc(OC(F)(F)F)c2)C(=O)NC(CC(=O)O)c2cccc(OC(F)(F)F)c2)c1. The number of carbonyl (C=O) groups is 8. The van der Waals surface area contributed by atoms with Crippen LogP contribution in [0.4, 0.5) is 47.6 Å². The number of carboxylic acids is 2. The first kappa shape index (κ1) is 77.2. The average Bonchev–Trinajstić information content (AvgIpc) is 0.874. The van der Waals surface area contributed by atoms with Crippen LogP contribution < -0.4 is 62.6 Å². The molecule has 0 aliphatic heterocycles. The number of benzene rings is 2. The molecule has 4 atom stereocenters. The minimum absolute atomic E-state index is 0.00977. The summed E-state index contributed by atoms with van der Waals surface area (Å²) in [6.07, 6.45) is -6.67. The first-order valence-corrected chi connectivity index (χ1v) is 29.8. The first-order valence-electron chi connectivity index (χ1n) is 29.8. The summed E-state index contributed by atoms with van der Waals surface area (Å²) in [7, 11) is 0. The van der Waals surface area contributed by atoms with Gasteiger partial charge in [0.15, 0.2) is 0 Å². The van der Waals surface area contributed by atoms with Gasteiger partial charge in [-0.25, -0.2) is 19.6 Å². The number of alkyl halides is 6. The highest BCUT2D eigenvalue weighted by Crippen LogP contribution is 2.29. The number of nitrogens with zero attached hydrogens (tertiary/aromatic N) is 2. The van der Waals surface area contributed by atoms with Crippen molar-refractivity contribution < 1.29 is 103 Å². The van der Waals surface area contributed by atoms with Gasteiger partial charge in [0, 0.05) is 64.5 Å². The Balaban J connectivity index is 1.10. The Morgan fingerprint density at radius 3 is 1.22 bits per heavy atom. The van der Waals surface area contributed by atoms with E-state index in [1.54, 1.807) is 12.4 Å². The van der Waals surface area contributed by atoms with E-state index < -0.39 is 122 Å². The highest BCUT2D eigenvalue weighted by atomic mass is 19.4. The van der Waals surface area contributed by atoms with E-state index in [4.69, 9.17) is 18.9 Å². The number of carboxylic acid groups (broad SMARTS) is 2. The molecule has 0 saturated heterocycles. The summed E-state index contributed by atoms with van der Waals surface area (Å²) in [5, 5.41) is 46.0. The third kappa shape index (κ3) is 35.0. The van der Waals surface area contributed by atoms with E-state index in [2.05, 4.69) is 72.6 Å². The van der Waals surface area contributed by atoms with Crippen LogP contribution in [0.2, 0.25) is 0 Å². The van der Waals surface area contributed by atoms with Crippen molar-refractivity contribution in [3.05, 3.63) is 107 Å². The van der Waals surface area contributed by atoms with Crippen LogP contribution in [-0.2, 0) is 47.7 Å². The van der Waals surface area contributed by atoms with E-state index in [1.807, 2.05) is 38.1 Å². The van der Waals surface area contributed by atoms with Gasteiger partial charge in [0.2, 0.25) is 23.6 Å². The van der Waals surface area contributed by atoms with E-state index in [9.17, 15) is 74.9 Å². The first-order chi connectivity index (χ1) is 44.8. The summed E-state index contributed by atoms with van der Waals surface area (Å²) in [5.74, 6) is -5.69. The van der Waals surface area contributed by atoms with Gasteiger partial charge in [-0.1, -0.05) is 24.3 Å². The summed E-state index contributed by atoms with van der Waals surface area (Å²) < 4.78 is 108. The summed E-state index contributed by atoms with van der Waals surface area (Å²) in [4.78, 5) is 110. The van der Waals surface area contributed by atoms with Crippen LogP contribution in [0.5, 0.6) is 11.5 Å². The van der Waals surface area contributed by atoms with Gasteiger partial charge in [0.25, 0.3) is 0 Å². The predicted octanol–water partition coefficient (Wildman–Crippen LogP) is 5.05. The molecule has 2 heterocycles. The number of amides is 8. The largest absolute Gasteiger partial charge is 0.573 e. The molecule has 0 bridgehead atoms. The van der Waals surface area contributed by atoms with Crippen LogP contribution in [0.15, 0.2) is 85.2 Å². The quantitative estimate of drug-likeness (QED) is 0.0203. The van der Waals surface area contributed by atoms with Crippen molar-refractivity contribution in [2.75, 3.05) is 103 Å². The standard InChI is InChI=1S/C60H80F6N12O16/c1-39-15-21-69-49(31-39)67-19-7-13-51(79)75-47(55(85)77-45(35-53(81)82)41-9-5-11-43(33-41)93-59(61,62)63)37-91-29-27-89-25-23-73-57(87)71-17-3-4-18-72-58(88)74-24-26-90-28-30-92-38-48(76-52(80)14-8-20-68-50-32-40(2)16-22-70-50)56(86)78-46(36-54(83)84)42-10-6-12-44(34-42)94-60(64,65)66/h5-6,9-12,15-16,21-22,31-34,45-48H,3-4,7-8,13-14,17-20,23-30,35-38H2,1-2H3,(H,67,69)(H,68,70)(H,75,79)(H,76,80)(H,77,85)(H,78,86)(H,81,82)(H,83,84)(H2,71,73,87)(H2,72,74,88). The molecule has 4 rings (SSSR count). The summed E-state index contributed by atoms with van der Waals surface area (Å²) >= 11 is 0. The average molecular weight is 1340 g/mol. The number of ether oxygens (including phenoxy) is 6. The van der Waals surface area contributed by atoms with Gasteiger partial charge in [0.1, 0.15) is 35.2 Å². The highest BCUT2D eigenvalue weighted by molar-refractivity contribution is 5.89. The Morgan fingerprint density at radius 2 is 0.851 bits per heavy atom. The number of halogens is 6. The number of nitrogens with one attached hydrogen (secondary N) is 10. The number of urea groups is 2. The molecule has 12 N–H and O–H groups in total. The van der Waals surface area contributed by atoms with Crippen LogP contribution in [0.3, 0.4) is 0 Å². The highest BCUT2D eigenvalue weighted by Gasteiger charge is 2.34. The van der Waals surface area contributed by atoms with Crippen molar-refractivity contribution in [2.45, 2.75) is 102 Å². The molecule has 0 aliphatic carbocycles. The van der Waals surface area contributed by atoms with Crippen molar-refractivity contribution in [1.29, 1.82) is 0 Å². The minimum Gasteiger partial charge on any atom is -0.481 e. The second kappa shape index (κ2) is 42.0. The smallest absolute Gasteiger partial charge is 0.481 e. The maximum absolute atomic E-state index is 13.6. The lowest BCUT2D eigenvalue weighted by Crippen LogP contribution is -2.50. The Bertz CT molecular complexity index is 2830. The molecule has 518 valence electrons. The molecule has 28 nitrogen and oxygen atoms in total. The lowest BCUT2D eigenvalue weighted by molar-refractivity contribution is -0.275. The molecule has 4 aromatic rings. The van der Waals surface area contributed by atoms with E-state index in [0.29, 0.717) is 50.4 Å². The van der Waals surface area contributed by atoms with Gasteiger partial charge in [-0.05, 0) is 110 Å². The monoisotopic (exact) mass is 1340 g/mol. The zero-order valence-corrected chi connectivity index (χ0v) is 51.7. The van der Waals surface area contributed by atoms with E-state index >= 15 is 0 Å². The molecule has 0 spiro atoms. The molecule has 0 radical (unpaired) electrons. The maximum atomic E-state index is 13.6. The predicted molar refractivity (Wildman–Crippen MR) is 325 cm³/mol. The van der Waals surface area contributed by atoms with Crippen LogP contribution in [-0.4, -0.2) is 185 Å². The number of pyridine rings is 2. The molecular formula is C60H80F6N12O16. The Kier molecular flexibility index (Phi) is 34.5. The number of aryl methyl sites for hydroxylation is 2. The Hall–Kier alpha value is -9.28. The molecule has 94 heavy (non-hydrogen) atoms. The van der Waals surface area contributed by atoms with Gasteiger partial charge in [0.05, 0.1) is 77.8 Å². The lowest BCUT2D eigenvalue weighted by atomic mass is 10.0. The number of carbonyl (C=O) groups excluding carboxylic acids is 6. The Labute approximate surface area is 537 Å². The van der Waals surface area contributed by atoms with Gasteiger partial charge >= 0.3 is 36.7 Å². The van der Waals surface area contributed by atoms with Gasteiger partial charge in [-0.3, -0.25) is 28.8 Å². The number of unbranched alkanes of at least 4 members (excludes halogenated alkanes) is 1. The fourth-order valence-electron chi connectivity index (χ4n) is 8.44. The zero-order valence-electron chi connectivity index (χ0n) is 51.7. The molecule has 8 amide bonds. The van der Waals surface area contributed by atoms with Crippen LogP contribution in [0, 0.1) is 13.8 Å². The molecule has 2 aromatic heterocycles. The fraction of sp³-hybridized carbons (Fsp3) is 0.500. The van der Waals surface area contributed by atoms with E-state index in [0.717, 1.165) is 35.4 Å². The molecular weight excluding hydrogens is 1260 g/mol. The number of anilines is 2. The minimum atomic E-state index is -5.04. The third-order valence-corrected chi connectivity index (χ3v) is 12.8.